The highest BCUT2D eigenvalue weighted by molar-refractivity contribution is 5.82. The Bertz CT molecular complexity index is 599. The van der Waals surface area contributed by atoms with E-state index in [1.54, 1.807) is 0 Å². The van der Waals surface area contributed by atoms with Crippen LogP contribution in [-0.2, 0) is 16.0 Å². The minimum absolute atomic E-state index is 0.113. The van der Waals surface area contributed by atoms with E-state index in [0.29, 0.717) is 24.1 Å². The third kappa shape index (κ3) is 3.35. The number of aliphatic carboxylic acids is 1. The maximum absolute atomic E-state index is 14.0. The van der Waals surface area contributed by atoms with Gasteiger partial charge in [-0.05, 0) is 12.8 Å². The third-order valence-electron chi connectivity index (χ3n) is 4.71. The molecule has 2 aliphatic rings. The van der Waals surface area contributed by atoms with Crippen LogP contribution < -0.4 is 0 Å². The normalized spacial score (nSPS) is 25.2. The molecule has 1 saturated carbocycles. The van der Waals surface area contributed by atoms with Crippen LogP contribution in [0.4, 0.5) is 4.39 Å². The monoisotopic (exact) mass is 325 g/mol. The van der Waals surface area contributed by atoms with Gasteiger partial charge in [0, 0.05) is 31.7 Å². The highest BCUT2D eigenvalue weighted by Crippen LogP contribution is 2.32. The van der Waals surface area contributed by atoms with Crippen LogP contribution >= 0.6 is 0 Å². The quantitative estimate of drug-likeness (QED) is 0.885. The summed E-state index contributed by atoms with van der Waals surface area (Å²) in [5, 5.41) is 12.8. The van der Waals surface area contributed by atoms with Crippen molar-refractivity contribution in [1.29, 1.82) is 0 Å². The molecule has 2 fully saturated rings. The van der Waals surface area contributed by atoms with Crippen LogP contribution in [0.15, 0.2) is 4.52 Å². The van der Waals surface area contributed by atoms with E-state index in [2.05, 4.69) is 10.1 Å². The van der Waals surface area contributed by atoms with Gasteiger partial charge < -0.3 is 14.5 Å². The number of carboxylic acids is 1. The van der Waals surface area contributed by atoms with Gasteiger partial charge in [0.25, 0.3) is 0 Å². The van der Waals surface area contributed by atoms with Gasteiger partial charge in [-0.2, -0.15) is 4.98 Å². The molecule has 2 heterocycles. The van der Waals surface area contributed by atoms with E-state index in [1.165, 1.54) is 17.7 Å². The van der Waals surface area contributed by atoms with Gasteiger partial charge in [0.15, 0.2) is 5.82 Å². The molecule has 0 aromatic carbocycles. The molecular formula is C15H20FN3O4. The van der Waals surface area contributed by atoms with Crippen LogP contribution in [0.5, 0.6) is 0 Å². The summed E-state index contributed by atoms with van der Waals surface area (Å²) in [6, 6.07) is 0. The summed E-state index contributed by atoms with van der Waals surface area (Å²) in [5.74, 6) is -0.328. The molecule has 126 valence electrons. The third-order valence-corrected chi connectivity index (χ3v) is 4.71. The lowest BCUT2D eigenvalue weighted by atomic mass is 10.1. The number of hydrogen-bond acceptors (Lipinski definition) is 5. The van der Waals surface area contributed by atoms with Crippen LogP contribution in [0.1, 0.15) is 56.2 Å². The van der Waals surface area contributed by atoms with Gasteiger partial charge in [-0.25, -0.2) is 9.18 Å². The van der Waals surface area contributed by atoms with Gasteiger partial charge in [-0.3, -0.25) is 4.79 Å². The van der Waals surface area contributed by atoms with E-state index in [-0.39, 0.29) is 25.3 Å². The van der Waals surface area contributed by atoms with Gasteiger partial charge >= 0.3 is 5.97 Å². The lowest BCUT2D eigenvalue weighted by Gasteiger charge is -2.17. The number of amides is 1. The fraction of sp³-hybridized carbons (Fsp3) is 0.733. The molecule has 1 aromatic rings. The van der Waals surface area contributed by atoms with Gasteiger partial charge in [-0.15, -0.1) is 0 Å². The maximum Gasteiger partial charge on any atom is 0.343 e. The summed E-state index contributed by atoms with van der Waals surface area (Å²) in [7, 11) is 0. The first-order chi connectivity index (χ1) is 11.0. The smallest absolute Gasteiger partial charge is 0.343 e. The lowest BCUT2D eigenvalue weighted by molar-refractivity contribution is -0.150. The summed E-state index contributed by atoms with van der Waals surface area (Å²) in [6.07, 6.45) is 4.73. The number of hydrogen-bond donors (Lipinski definition) is 1. The Morgan fingerprint density at radius 3 is 2.78 bits per heavy atom. The fourth-order valence-electron chi connectivity index (χ4n) is 3.25. The number of carbonyl (C=O) groups is 2. The fourth-order valence-corrected chi connectivity index (χ4v) is 3.25. The highest BCUT2D eigenvalue weighted by Gasteiger charge is 2.46. The van der Waals surface area contributed by atoms with Crippen molar-refractivity contribution in [1.82, 2.24) is 15.0 Å². The molecule has 0 radical (unpaired) electrons. The Hall–Kier alpha value is -1.99. The molecule has 1 unspecified atom stereocenters. The van der Waals surface area contributed by atoms with Crippen molar-refractivity contribution < 1.29 is 23.6 Å². The van der Waals surface area contributed by atoms with Gasteiger partial charge in [-0.1, -0.05) is 18.0 Å². The van der Waals surface area contributed by atoms with Crippen molar-refractivity contribution in [3.05, 3.63) is 11.7 Å². The molecule has 7 nitrogen and oxygen atoms in total. The number of alkyl halides is 1. The van der Waals surface area contributed by atoms with Crippen LogP contribution in [0.3, 0.4) is 0 Å². The van der Waals surface area contributed by atoms with Crippen molar-refractivity contribution in [2.24, 2.45) is 0 Å². The Morgan fingerprint density at radius 2 is 2.13 bits per heavy atom. The average molecular weight is 325 g/mol. The van der Waals surface area contributed by atoms with Crippen molar-refractivity contribution >= 4 is 11.9 Å². The molecular weight excluding hydrogens is 305 g/mol. The van der Waals surface area contributed by atoms with E-state index >= 15 is 0 Å². The molecule has 1 aromatic heterocycles. The zero-order valence-corrected chi connectivity index (χ0v) is 12.8. The molecule has 3 rings (SSSR count). The number of nitrogens with zero attached hydrogens (tertiary/aromatic N) is 3. The largest absolute Gasteiger partial charge is 0.479 e. The summed E-state index contributed by atoms with van der Waals surface area (Å²) in [4.78, 5) is 28.5. The number of carboxylic acid groups (broad SMARTS) is 1. The summed E-state index contributed by atoms with van der Waals surface area (Å²) < 4.78 is 19.1. The number of aromatic nitrogens is 2. The number of halogens is 1. The second-order valence-corrected chi connectivity index (χ2v) is 6.36. The van der Waals surface area contributed by atoms with Crippen LogP contribution in [-0.4, -0.2) is 50.8 Å². The molecule has 1 amide bonds. The second-order valence-electron chi connectivity index (χ2n) is 6.36. The van der Waals surface area contributed by atoms with Gasteiger partial charge in [0.05, 0.1) is 6.54 Å². The molecule has 1 N–H and O–H groups in total. The molecule has 1 aliphatic carbocycles. The SMILES string of the molecule is O=C(CCc1nc(C2CCCC2)no1)N1CCC(F)(C(=O)O)C1. The zero-order chi connectivity index (χ0) is 16.4. The first-order valence-corrected chi connectivity index (χ1v) is 8.00. The first kappa shape index (κ1) is 15.9. The molecule has 1 aliphatic heterocycles. The molecule has 0 bridgehead atoms. The number of aryl methyl sites for hydroxylation is 1. The van der Waals surface area contributed by atoms with E-state index < -0.39 is 18.2 Å². The lowest BCUT2D eigenvalue weighted by Crippen LogP contribution is -2.38. The summed E-state index contributed by atoms with van der Waals surface area (Å²) in [6.45, 7) is -0.267. The minimum Gasteiger partial charge on any atom is -0.479 e. The van der Waals surface area contributed by atoms with E-state index in [4.69, 9.17) is 9.63 Å². The van der Waals surface area contributed by atoms with Crippen molar-refractivity contribution in [3.63, 3.8) is 0 Å². The Balaban J connectivity index is 1.50. The molecule has 8 heteroatoms. The first-order valence-electron chi connectivity index (χ1n) is 8.00. The highest BCUT2D eigenvalue weighted by atomic mass is 19.1. The van der Waals surface area contributed by atoms with Crippen molar-refractivity contribution in [2.45, 2.75) is 56.5 Å². The Morgan fingerprint density at radius 1 is 1.39 bits per heavy atom. The van der Waals surface area contributed by atoms with Gasteiger partial charge in [0.2, 0.25) is 17.5 Å². The van der Waals surface area contributed by atoms with Crippen LogP contribution in [0, 0.1) is 0 Å². The van der Waals surface area contributed by atoms with Crippen LogP contribution in [0.25, 0.3) is 0 Å². The predicted molar refractivity (Wildman–Crippen MR) is 76.5 cm³/mol. The Kier molecular flexibility index (Phi) is 4.32. The number of carbonyl (C=O) groups excluding carboxylic acids is 1. The standard InChI is InChI=1S/C15H20FN3O4/c16-15(14(21)22)7-8-19(9-15)12(20)6-5-11-17-13(18-23-11)10-3-1-2-4-10/h10H,1-9H2,(H,21,22). The molecule has 1 saturated heterocycles. The summed E-state index contributed by atoms with van der Waals surface area (Å²) >= 11 is 0. The zero-order valence-electron chi connectivity index (χ0n) is 12.8. The maximum atomic E-state index is 14.0. The number of rotatable bonds is 5. The predicted octanol–water partition coefficient (Wildman–Crippen LogP) is 1.69. The average Bonchev–Trinajstić information content (AvgIpc) is 3.25. The van der Waals surface area contributed by atoms with Crippen molar-refractivity contribution in [2.75, 3.05) is 13.1 Å². The second kappa shape index (κ2) is 6.25. The molecule has 0 spiro atoms. The van der Waals surface area contributed by atoms with E-state index in [1.807, 2.05) is 0 Å². The summed E-state index contributed by atoms with van der Waals surface area (Å²) in [5.41, 5.74) is -2.32. The van der Waals surface area contributed by atoms with E-state index in [0.717, 1.165) is 12.8 Å². The molecule has 1 atom stereocenters. The molecule has 23 heavy (non-hydrogen) atoms. The Labute approximate surface area is 132 Å². The van der Waals surface area contributed by atoms with E-state index in [9.17, 15) is 14.0 Å². The minimum atomic E-state index is -2.32. The number of likely N-dealkylation sites (tertiary alicyclic amines) is 1. The van der Waals surface area contributed by atoms with Crippen LogP contribution in [0.2, 0.25) is 0 Å². The van der Waals surface area contributed by atoms with Crippen molar-refractivity contribution in [3.8, 4) is 0 Å². The topological polar surface area (TPSA) is 96.5 Å². The van der Waals surface area contributed by atoms with Gasteiger partial charge in [0.1, 0.15) is 0 Å².